The number of ether oxygens (including phenoxy) is 1. The average molecular weight is 454 g/mol. The van der Waals surface area contributed by atoms with E-state index in [0.29, 0.717) is 23.5 Å². The summed E-state index contributed by atoms with van der Waals surface area (Å²) >= 11 is 0. The lowest BCUT2D eigenvalue weighted by Gasteiger charge is -2.25. The summed E-state index contributed by atoms with van der Waals surface area (Å²) in [4.78, 5) is 39.2. The summed E-state index contributed by atoms with van der Waals surface area (Å²) in [5, 5.41) is 5.31. The first kappa shape index (κ1) is 25.9. The molecule has 7 heteroatoms. The third kappa shape index (κ3) is 8.25. The van der Waals surface area contributed by atoms with Crippen LogP contribution in [0.2, 0.25) is 0 Å². The molecule has 2 aromatic carbocycles. The van der Waals surface area contributed by atoms with Crippen LogP contribution in [0.15, 0.2) is 48.5 Å². The zero-order valence-electron chi connectivity index (χ0n) is 20.4. The van der Waals surface area contributed by atoms with E-state index < -0.39 is 0 Å². The van der Waals surface area contributed by atoms with Gasteiger partial charge in [0.2, 0.25) is 11.8 Å². The fourth-order valence-corrected chi connectivity index (χ4v) is 3.24. The Morgan fingerprint density at radius 2 is 1.55 bits per heavy atom. The molecule has 0 bridgehead atoms. The number of nitrogens with zero attached hydrogens (tertiary/aromatic N) is 1. The topological polar surface area (TPSA) is 87.7 Å². The van der Waals surface area contributed by atoms with E-state index in [4.69, 9.17) is 4.74 Å². The van der Waals surface area contributed by atoms with E-state index in [2.05, 4.69) is 31.4 Å². The fourth-order valence-electron chi connectivity index (χ4n) is 3.24. The molecule has 3 amide bonds. The van der Waals surface area contributed by atoms with Crippen molar-refractivity contribution in [3.63, 3.8) is 0 Å². The summed E-state index contributed by atoms with van der Waals surface area (Å²) in [6.07, 6.45) is 0. The quantitative estimate of drug-likeness (QED) is 0.604. The highest BCUT2D eigenvalue weighted by atomic mass is 16.5. The zero-order chi connectivity index (χ0) is 24.6. The summed E-state index contributed by atoms with van der Waals surface area (Å²) in [6.45, 7) is 10.5. The second-order valence-electron chi connectivity index (χ2n) is 9.46. The first-order valence-corrected chi connectivity index (χ1v) is 11.1. The number of nitrogens with one attached hydrogen (secondary N) is 2. The van der Waals surface area contributed by atoms with Gasteiger partial charge in [-0.3, -0.25) is 14.4 Å². The van der Waals surface area contributed by atoms with Gasteiger partial charge in [-0.15, -0.1) is 0 Å². The SMILES string of the molecule is COc1ccc(NC(=O)CNC(=O)CN(CC(C)C)C(=O)c2ccc(C(C)(C)C)cc2)cc1. The highest BCUT2D eigenvalue weighted by Crippen LogP contribution is 2.22. The number of hydrogen-bond acceptors (Lipinski definition) is 4. The molecule has 33 heavy (non-hydrogen) atoms. The Morgan fingerprint density at radius 1 is 0.939 bits per heavy atom. The van der Waals surface area contributed by atoms with Crippen molar-refractivity contribution in [3.8, 4) is 5.75 Å². The first-order chi connectivity index (χ1) is 15.5. The minimum atomic E-state index is -0.389. The molecule has 0 unspecified atom stereocenters. The normalized spacial score (nSPS) is 11.1. The predicted octanol–water partition coefficient (Wildman–Crippen LogP) is 3.85. The van der Waals surface area contributed by atoms with Crippen LogP contribution in [0.25, 0.3) is 0 Å². The van der Waals surface area contributed by atoms with Crippen molar-refractivity contribution < 1.29 is 19.1 Å². The van der Waals surface area contributed by atoms with Gasteiger partial charge in [-0.05, 0) is 53.3 Å². The lowest BCUT2D eigenvalue weighted by molar-refractivity contribution is -0.124. The third-order valence-corrected chi connectivity index (χ3v) is 5.02. The largest absolute Gasteiger partial charge is 0.497 e. The van der Waals surface area contributed by atoms with Gasteiger partial charge in [0.05, 0.1) is 20.2 Å². The maximum Gasteiger partial charge on any atom is 0.254 e. The van der Waals surface area contributed by atoms with Crippen LogP contribution in [-0.2, 0) is 15.0 Å². The molecule has 0 radical (unpaired) electrons. The van der Waals surface area contributed by atoms with E-state index in [1.807, 2.05) is 26.0 Å². The van der Waals surface area contributed by atoms with Crippen molar-refractivity contribution in [2.75, 3.05) is 32.1 Å². The van der Waals surface area contributed by atoms with E-state index in [9.17, 15) is 14.4 Å². The maximum atomic E-state index is 13.1. The van der Waals surface area contributed by atoms with Gasteiger partial charge in [-0.2, -0.15) is 0 Å². The molecule has 0 saturated heterocycles. The van der Waals surface area contributed by atoms with Crippen molar-refractivity contribution in [1.29, 1.82) is 0 Å². The second kappa shape index (κ2) is 11.5. The van der Waals surface area contributed by atoms with Crippen molar-refractivity contribution >= 4 is 23.4 Å². The molecule has 0 atom stereocenters. The van der Waals surface area contributed by atoms with Crippen LogP contribution >= 0.6 is 0 Å². The van der Waals surface area contributed by atoms with Crippen LogP contribution in [0, 0.1) is 5.92 Å². The summed E-state index contributed by atoms with van der Waals surface area (Å²) in [6, 6.07) is 14.4. The summed E-state index contributed by atoms with van der Waals surface area (Å²) in [5.74, 6) is -0.0755. The standard InChI is InChI=1S/C26H35N3O4/c1-18(2)16-29(25(32)19-7-9-20(10-8-19)26(3,4)5)17-24(31)27-15-23(30)28-21-11-13-22(33-6)14-12-21/h7-14,18H,15-17H2,1-6H3,(H,27,31)(H,28,30). The monoisotopic (exact) mass is 453 g/mol. The number of rotatable bonds is 9. The van der Waals surface area contributed by atoms with Crippen LogP contribution in [0.3, 0.4) is 0 Å². The number of hydrogen-bond donors (Lipinski definition) is 2. The summed E-state index contributed by atoms with van der Waals surface area (Å²) < 4.78 is 5.09. The Balaban J connectivity index is 1.95. The average Bonchev–Trinajstić information content (AvgIpc) is 2.76. The van der Waals surface area contributed by atoms with Gasteiger partial charge >= 0.3 is 0 Å². The molecular weight excluding hydrogens is 418 g/mol. The highest BCUT2D eigenvalue weighted by Gasteiger charge is 2.21. The Morgan fingerprint density at radius 3 is 2.06 bits per heavy atom. The molecule has 0 spiro atoms. The van der Waals surface area contributed by atoms with Crippen molar-refractivity contribution in [2.24, 2.45) is 5.92 Å². The molecule has 0 aliphatic carbocycles. The summed E-state index contributed by atoms with van der Waals surface area (Å²) in [5.41, 5.74) is 2.26. The van der Waals surface area contributed by atoms with Gasteiger partial charge in [0.1, 0.15) is 5.75 Å². The molecular formula is C26H35N3O4. The van der Waals surface area contributed by atoms with E-state index in [-0.39, 0.29) is 42.1 Å². The van der Waals surface area contributed by atoms with Gasteiger partial charge in [-0.25, -0.2) is 0 Å². The van der Waals surface area contributed by atoms with Crippen molar-refractivity contribution in [3.05, 3.63) is 59.7 Å². The van der Waals surface area contributed by atoms with Crippen LogP contribution in [0.5, 0.6) is 5.75 Å². The molecule has 0 aromatic heterocycles. The third-order valence-electron chi connectivity index (χ3n) is 5.02. The molecule has 178 valence electrons. The minimum absolute atomic E-state index is 0.00846. The highest BCUT2D eigenvalue weighted by molar-refractivity contribution is 5.98. The van der Waals surface area contributed by atoms with Crippen molar-refractivity contribution in [1.82, 2.24) is 10.2 Å². The van der Waals surface area contributed by atoms with Crippen LogP contribution < -0.4 is 15.4 Å². The van der Waals surface area contributed by atoms with Gasteiger partial charge in [0.25, 0.3) is 5.91 Å². The van der Waals surface area contributed by atoms with Crippen LogP contribution in [-0.4, -0.2) is 49.4 Å². The predicted molar refractivity (Wildman–Crippen MR) is 131 cm³/mol. The zero-order valence-corrected chi connectivity index (χ0v) is 20.4. The van der Waals surface area contributed by atoms with Gasteiger partial charge in [-0.1, -0.05) is 46.8 Å². The molecule has 0 fully saturated rings. The van der Waals surface area contributed by atoms with E-state index in [0.717, 1.165) is 5.56 Å². The molecule has 7 nitrogen and oxygen atoms in total. The van der Waals surface area contributed by atoms with Crippen LogP contribution in [0.4, 0.5) is 5.69 Å². The smallest absolute Gasteiger partial charge is 0.254 e. The number of carbonyl (C=O) groups is 3. The molecule has 2 rings (SSSR count). The fraction of sp³-hybridized carbons (Fsp3) is 0.423. The van der Waals surface area contributed by atoms with Gasteiger partial charge in [0, 0.05) is 17.8 Å². The van der Waals surface area contributed by atoms with Crippen molar-refractivity contribution in [2.45, 2.75) is 40.0 Å². The molecule has 0 heterocycles. The molecule has 2 N–H and O–H groups in total. The van der Waals surface area contributed by atoms with E-state index >= 15 is 0 Å². The second-order valence-corrected chi connectivity index (χ2v) is 9.46. The maximum absolute atomic E-state index is 13.1. The molecule has 2 aromatic rings. The number of carbonyl (C=O) groups excluding carboxylic acids is 3. The first-order valence-electron chi connectivity index (χ1n) is 11.1. The minimum Gasteiger partial charge on any atom is -0.497 e. The Bertz CT molecular complexity index is 945. The van der Waals surface area contributed by atoms with Gasteiger partial charge in [0.15, 0.2) is 0 Å². The lowest BCUT2D eigenvalue weighted by Crippen LogP contribution is -2.44. The van der Waals surface area contributed by atoms with E-state index in [1.54, 1.807) is 43.5 Å². The Kier molecular flexibility index (Phi) is 9.02. The van der Waals surface area contributed by atoms with Gasteiger partial charge < -0.3 is 20.3 Å². The molecule has 0 aliphatic heterocycles. The number of benzene rings is 2. The van der Waals surface area contributed by atoms with Crippen LogP contribution in [0.1, 0.15) is 50.5 Å². The molecule has 0 aliphatic rings. The number of amides is 3. The summed E-state index contributed by atoms with van der Waals surface area (Å²) in [7, 11) is 1.57. The Hall–Kier alpha value is -3.35. The Labute approximate surface area is 196 Å². The van der Waals surface area contributed by atoms with E-state index in [1.165, 1.54) is 4.90 Å². The lowest BCUT2D eigenvalue weighted by atomic mass is 9.86. The number of anilines is 1. The number of methoxy groups -OCH3 is 1. The molecule has 0 saturated carbocycles.